The van der Waals surface area contributed by atoms with Crippen molar-refractivity contribution in [3.63, 3.8) is 0 Å². The minimum absolute atomic E-state index is 0.0724. The van der Waals surface area contributed by atoms with Crippen LogP contribution in [0.15, 0.2) is 18.2 Å². The Balaban J connectivity index is 2.90. The predicted octanol–water partition coefficient (Wildman–Crippen LogP) is 3.25. The highest BCUT2D eigenvalue weighted by Gasteiger charge is 2.32. The summed E-state index contributed by atoms with van der Waals surface area (Å²) in [6, 6.07) is 3.31. The van der Waals surface area contributed by atoms with Crippen LogP contribution < -0.4 is 0 Å². The first-order chi connectivity index (χ1) is 6.80. The average Bonchev–Trinajstić information content (AvgIpc) is 2.09. The van der Waals surface area contributed by atoms with Crippen molar-refractivity contribution < 1.29 is 18.0 Å². The normalized spacial score (nSPS) is 11.5. The lowest BCUT2D eigenvalue weighted by molar-refractivity contribution is -0.139. The molecule has 0 atom stereocenters. The first-order valence-electron chi connectivity index (χ1n) is 4.16. The van der Waals surface area contributed by atoms with Gasteiger partial charge in [0.05, 0.1) is 0 Å². The van der Waals surface area contributed by atoms with E-state index < -0.39 is 23.9 Å². The molecule has 1 aromatic carbocycles. The fourth-order valence-corrected chi connectivity index (χ4v) is 1.19. The molecule has 0 N–H and O–H groups in total. The second kappa shape index (κ2) is 4.23. The Morgan fingerprint density at radius 3 is 2.60 bits per heavy atom. The number of ketones is 1. The molecule has 5 heteroatoms. The number of Topliss-reactive ketones (excluding diaryl/α,β-unsaturated/α-hetero) is 1. The number of benzene rings is 1. The highest BCUT2D eigenvalue weighted by Crippen LogP contribution is 2.22. The molecule has 0 spiro atoms. The molecule has 1 aromatic rings. The molecule has 0 bridgehead atoms. The summed E-state index contributed by atoms with van der Waals surface area (Å²) in [5.74, 6) is -5.31. The number of rotatable bonds is 3. The monoisotopic (exact) mass is 236 g/mol. The van der Waals surface area contributed by atoms with Crippen LogP contribution in [0.4, 0.5) is 13.2 Å². The quantitative estimate of drug-likeness (QED) is 0.787. The molecule has 0 unspecified atom stereocenters. The van der Waals surface area contributed by atoms with Gasteiger partial charge in [-0.2, -0.15) is 8.78 Å². The minimum atomic E-state index is -3.42. The van der Waals surface area contributed by atoms with Crippen LogP contribution in [-0.4, -0.2) is 11.7 Å². The molecule has 0 aromatic heterocycles. The van der Waals surface area contributed by atoms with Crippen LogP contribution in [0.25, 0.3) is 0 Å². The van der Waals surface area contributed by atoms with Gasteiger partial charge >= 0.3 is 5.92 Å². The average molecular weight is 237 g/mol. The zero-order chi connectivity index (χ0) is 11.6. The lowest BCUT2D eigenvalue weighted by Crippen LogP contribution is -2.26. The van der Waals surface area contributed by atoms with Crippen molar-refractivity contribution in [3.05, 3.63) is 34.6 Å². The molecular formula is C10H8ClF3O. The molecule has 0 aliphatic rings. The Labute approximate surface area is 89.9 Å². The number of carbonyl (C=O) groups is 1. The van der Waals surface area contributed by atoms with Gasteiger partial charge in [-0.3, -0.25) is 4.79 Å². The SMILES string of the molecule is CC(F)(F)C(=O)Cc1cc(F)ccc1Cl. The fraction of sp³-hybridized carbons (Fsp3) is 0.300. The van der Waals surface area contributed by atoms with E-state index in [2.05, 4.69) is 0 Å². The third kappa shape index (κ3) is 3.23. The molecule has 15 heavy (non-hydrogen) atoms. The van der Waals surface area contributed by atoms with Crippen LogP contribution in [-0.2, 0) is 11.2 Å². The summed E-state index contributed by atoms with van der Waals surface area (Å²) >= 11 is 5.63. The van der Waals surface area contributed by atoms with E-state index >= 15 is 0 Å². The Bertz CT molecular complexity index is 385. The predicted molar refractivity (Wildman–Crippen MR) is 50.7 cm³/mol. The van der Waals surface area contributed by atoms with Crippen molar-refractivity contribution in [2.45, 2.75) is 19.3 Å². The van der Waals surface area contributed by atoms with Gasteiger partial charge in [-0.15, -0.1) is 0 Å². The van der Waals surface area contributed by atoms with Gasteiger partial charge in [0.15, 0.2) is 0 Å². The summed E-state index contributed by atoms with van der Waals surface area (Å²) in [6.45, 7) is 0.503. The van der Waals surface area contributed by atoms with E-state index in [9.17, 15) is 18.0 Å². The molecule has 0 amide bonds. The van der Waals surface area contributed by atoms with Crippen LogP contribution in [0.2, 0.25) is 5.02 Å². The molecule has 0 heterocycles. The zero-order valence-electron chi connectivity index (χ0n) is 7.86. The Morgan fingerprint density at radius 1 is 1.47 bits per heavy atom. The summed E-state index contributed by atoms with van der Waals surface area (Å²) in [5, 5.41) is 0.106. The largest absolute Gasteiger partial charge is 0.302 e. The fourth-order valence-electron chi connectivity index (χ4n) is 1.01. The highest BCUT2D eigenvalue weighted by atomic mass is 35.5. The molecule has 0 aliphatic heterocycles. The van der Waals surface area contributed by atoms with Crippen molar-refractivity contribution in [1.29, 1.82) is 0 Å². The Kier molecular flexibility index (Phi) is 3.39. The van der Waals surface area contributed by atoms with Gasteiger partial charge in [-0.05, 0) is 23.8 Å². The summed E-state index contributed by atoms with van der Waals surface area (Å²) in [6.07, 6.45) is -0.569. The number of hydrogen-bond acceptors (Lipinski definition) is 1. The van der Waals surface area contributed by atoms with Gasteiger partial charge in [0, 0.05) is 18.4 Å². The first-order valence-corrected chi connectivity index (χ1v) is 4.53. The van der Waals surface area contributed by atoms with Crippen LogP contribution in [0.3, 0.4) is 0 Å². The third-order valence-corrected chi connectivity index (χ3v) is 2.22. The van der Waals surface area contributed by atoms with Crippen molar-refractivity contribution in [3.8, 4) is 0 Å². The van der Waals surface area contributed by atoms with Crippen LogP contribution in [0.5, 0.6) is 0 Å². The molecule has 1 rings (SSSR count). The smallest absolute Gasteiger partial charge is 0.293 e. The standard InChI is InChI=1S/C10H8ClF3O/c1-10(13,14)9(15)5-6-4-7(12)2-3-8(6)11/h2-4H,5H2,1H3. The van der Waals surface area contributed by atoms with Gasteiger partial charge in [0.2, 0.25) is 5.78 Å². The molecule has 0 saturated heterocycles. The minimum Gasteiger partial charge on any atom is -0.293 e. The summed E-state index contributed by atoms with van der Waals surface area (Å²) in [5.41, 5.74) is 0.0724. The number of carbonyl (C=O) groups excluding carboxylic acids is 1. The Hall–Kier alpha value is -1.03. The van der Waals surface area contributed by atoms with Crippen LogP contribution in [0.1, 0.15) is 12.5 Å². The van der Waals surface area contributed by atoms with Crippen molar-refractivity contribution in [2.75, 3.05) is 0 Å². The molecule has 0 fully saturated rings. The molecule has 82 valence electrons. The van der Waals surface area contributed by atoms with Gasteiger partial charge in [0.1, 0.15) is 5.82 Å². The Morgan fingerprint density at radius 2 is 2.07 bits per heavy atom. The molecule has 0 radical (unpaired) electrons. The zero-order valence-corrected chi connectivity index (χ0v) is 8.62. The van der Waals surface area contributed by atoms with Crippen molar-refractivity contribution in [2.24, 2.45) is 0 Å². The first kappa shape index (κ1) is 12.0. The van der Waals surface area contributed by atoms with E-state index in [4.69, 9.17) is 11.6 Å². The van der Waals surface area contributed by atoms with Crippen LogP contribution in [0, 0.1) is 5.82 Å². The number of alkyl halides is 2. The summed E-state index contributed by atoms with van der Waals surface area (Å²) < 4.78 is 37.8. The lowest BCUT2D eigenvalue weighted by atomic mass is 10.1. The van der Waals surface area contributed by atoms with E-state index in [1.54, 1.807) is 0 Å². The van der Waals surface area contributed by atoms with Gasteiger partial charge in [0.25, 0.3) is 0 Å². The van der Waals surface area contributed by atoms with E-state index in [1.165, 1.54) is 6.07 Å². The highest BCUT2D eigenvalue weighted by molar-refractivity contribution is 6.31. The van der Waals surface area contributed by atoms with Crippen molar-refractivity contribution in [1.82, 2.24) is 0 Å². The third-order valence-electron chi connectivity index (χ3n) is 1.85. The van der Waals surface area contributed by atoms with E-state index in [-0.39, 0.29) is 10.6 Å². The summed E-state index contributed by atoms with van der Waals surface area (Å²) in [4.78, 5) is 11.0. The molecule has 0 saturated carbocycles. The summed E-state index contributed by atoms with van der Waals surface area (Å²) in [7, 11) is 0. The van der Waals surface area contributed by atoms with E-state index in [1.807, 2.05) is 0 Å². The van der Waals surface area contributed by atoms with Crippen LogP contribution >= 0.6 is 11.6 Å². The van der Waals surface area contributed by atoms with Crippen molar-refractivity contribution >= 4 is 17.4 Å². The maximum atomic E-state index is 12.7. The number of halogens is 4. The molecule has 1 nitrogen and oxygen atoms in total. The lowest BCUT2D eigenvalue weighted by Gasteiger charge is -2.09. The molecular weight excluding hydrogens is 229 g/mol. The number of hydrogen-bond donors (Lipinski definition) is 0. The second-order valence-electron chi connectivity index (χ2n) is 3.22. The van der Waals surface area contributed by atoms with Gasteiger partial charge in [-0.25, -0.2) is 4.39 Å². The maximum absolute atomic E-state index is 12.7. The topological polar surface area (TPSA) is 17.1 Å². The maximum Gasteiger partial charge on any atom is 0.302 e. The molecule has 0 aliphatic carbocycles. The second-order valence-corrected chi connectivity index (χ2v) is 3.63. The van der Waals surface area contributed by atoms with Gasteiger partial charge < -0.3 is 0 Å². The van der Waals surface area contributed by atoms with E-state index in [0.29, 0.717) is 6.92 Å². The van der Waals surface area contributed by atoms with E-state index in [0.717, 1.165) is 12.1 Å². The van der Waals surface area contributed by atoms with Gasteiger partial charge in [-0.1, -0.05) is 11.6 Å².